The topological polar surface area (TPSA) is 60.8 Å². The van der Waals surface area contributed by atoms with E-state index in [2.05, 4.69) is 19.9 Å². The molecular weight excluding hydrogens is 371 g/mol. The van der Waals surface area contributed by atoms with Crippen LogP contribution in [0.3, 0.4) is 0 Å². The first-order valence-corrected chi connectivity index (χ1v) is 8.07. The van der Waals surface area contributed by atoms with E-state index in [1.165, 1.54) is 6.20 Å². The van der Waals surface area contributed by atoms with E-state index in [1.54, 1.807) is 12.3 Å². The molecule has 8 heteroatoms. The molecule has 2 aromatic heterocycles. The van der Waals surface area contributed by atoms with Crippen molar-refractivity contribution in [1.82, 2.24) is 19.9 Å². The minimum absolute atomic E-state index is 0.178. The van der Waals surface area contributed by atoms with Gasteiger partial charge in [-0.1, -0.05) is 11.6 Å². The quantitative estimate of drug-likeness (QED) is 0.471. The number of benzene rings is 1. The minimum atomic E-state index is 0.178. The van der Waals surface area contributed by atoms with Gasteiger partial charge in [-0.15, -0.1) is 0 Å². The van der Waals surface area contributed by atoms with Crippen LogP contribution in [0.2, 0.25) is 15.7 Å². The zero-order valence-electron chi connectivity index (χ0n) is 12.7. The minimum Gasteiger partial charge on any atom is -0.494 e. The van der Waals surface area contributed by atoms with Crippen molar-refractivity contribution >= 4 is 34.8 Å². The van der Waals surface area contributed by atoms with Gasteiger partial charge in [-0.2, -0.15) is 0 Å². The second kappa shape index (κ2) is 9.37. The Labute approximate surface area is 154 Å². The third-order valence-electron chi connectivity index (χ3n) is 2.68. The van der Waals surface area contributed by atoms with Crippen molar-refractivity contribution in [3.05, 3.63) is 64.5 Å². The summed E-state index contributed by atoms with van der Waals surface area (Å²) in [6, 6.07) is 11.1. The van der Waals surface area contributed by atoms with Crippen LogP contribution in [0.1, 0.15) is 6.92 Å². The Kier molecular flexibility index (Phi) is 7.18. The van der Waals surface area contributed by atoms with Gasteiger partial charge in [0.2, 0.25) is 10.6 Å². The average molecular weight is 384 g/mol. The summed E-state index contributed by atoms with van der Waals surface area (Å²) in [5, 5.41) is 0.800. The molecule has 3 aromatic rings. The van der Waals surface area contributed by atoms with Crippen molar-refractivity contribution in [1.29, 1.82) is 0 Å². The van der Waals surface area contributed by atoms with Gasteiger partial charge in [0.25, 0.3) is 0 Å². The first-order valence-electron chi connectivity index (χ1n) is 6.94. The molecule has 0 aliphatic heterocycles. The number of ether oxygens (including phenoxy) is 1. The van der Waals surface area contributed by atoms with Gasteiger partial charge in [-0.25, -0.2) is 19.9 Å². The maximum absolute atomic E-state index is 5.73. The normalized spacial score (nSPS) is 9.83. The Morgan fingerprint density at radius 3 is 1.96 bits per heavy atom. The van der Waals surface area contributed by atoms with Crippen LogP contribution in [0.5, 0.6) is 5.75 Å². The molecule has 0 atom stereocenters. The second-order valence-electron chi connectivity index (χ2n) is 4.32. The molecule has 24 heavy (non-hydrogen) atoms. The third kappa shape index (κ3) is 5.92. The van der Waals surface area contributed by atoms with E-state index in [-0.39, 0.29) is 10.6 Å². The Balaban J connectivity index is 0.000000219. The number of nitrogens with zero attached hydrogens (tertiary/aromatic N) is 4. The maximum Gasteiger partial charge on any atom is 0.223 e. The molecule has 5 nitrogen and oxygen atoms in total. The van der Waals surface area contributed by atoms with Gasteiger partial charge in [0, 0.05) is 18.0 Å². The molecule has 2 heterocycles. The van der Waals surface area contributed by atoms with Gasteiger partial charge < -0.3 is 4.74 Å². The number of aromatic nitrogens is 4. The van der Waals surface area contributed by atoms with Crippen LogP contribution in [0.25, 0.3) is 11.3 Å². The summed E-state index contributed by atoms with van der Waals surface area (Å²) in [5.74, 6) is 0.853. The number of halogens is 3. The van der Waals surface area contributed by atoms with Crippen LogP contribution in [0.4, 0.5) is 0 Å². The van der Waals surface area contributed by atoms with Crippen LogP contribution < -0.4 is 4.74 Å². The molecule has 0 aliphatic rings. The lowest BCUT2D eigenvalue weighted by atomic mass is 10.1. The highest BCUT2D eigenvalue weighted by molar-refractivity contribution is 6.31. The molecule has 0 amide bonds. The lowest BCUT2D eigenvalue weighted by Gasteiger charge is -2.04. The molecule has 0 fully saturated rings. The van der Waals surface area contributed by atoms with Gasteiger partial charge in [0.05, 0.1) is 12.3 Å². The van der Waals surface area contributed by atoms with E-state index in [1.807, 2.05) is 37.3 Å². The molecule has 0 aliphatic carbocycles. The van der Waals surface area contributed by atoms with Crippen molar-refractivity contribution in [3.63, 3.8) is 0 Å². The number of hydrogen-bond acceptors (Lipinski definition) is 5. The maximum atomic E-state index is 5.73. The highest BCUT2D eigenvalue weighted by Gasteiger charge is 2.01. The Morgan fingerprint density at radius 2 is 1.46 bits per heavy atom. The first-order chi connectivity index (χ1) is 11.6. The van der Waals surface area contributed by atoms with Crippen LogP contribution in [0.15, 0.2) is 48.8 Å². The summed E-state index contributed by atoms with van der Waals surface area (Å²) < 4.78 is 5.36. The van der Waals surface area contributed by atoms with Crippen molar-refractivity contribution in [2.75, 3.05) is 6.61 Å². The van der Waals surface area contributed by atoms with Crippen molar-refractivity contribution in [2.45, 2.75) is 6.92 Å². The van der Waals surface area contributed by atoms with E-state index in [0.717, 1.165) is 17.0 Å². The third-order valence-corrected chi connectivity index (χ3v) is 3.25. The van der Waals surface area contributed by atoms with Crippen molar-refractivity contribution in [3.8, 4) is 17.0 Å². The van der Waals surface area contributed by atoms with Gasteiger partial charge in [-0.05, 0) is 66.5 Å². The fourth-order valence-electron chi connectivity index (χ4n) is 1.70. The largest absolute Gasteiger partial charge is 0.494 e. The molecule has 3 rings (SSSR count). The standard InChI is InChI=1S/C12H11ClN2O.C4H2Cl2N2/c1-2-16-10-5-3-9(4-6-10)11-7-8-14-12(13)15-11;5-3-1-2-7-4(6)8-3/h3-8H,2H2,1H3;1-2H. The zero-order chi connectivity index (χ0) is 17.4. The summed E-state index contributed by atoms with van der Waals surface area (Å²) in [6.07, 6.45) is 3.14. The van der Waals surface area contributed by atoms with E-state index in [0.29, 0.717) is 11.8 Å². The lowest BCUT2D eigenvalue weighted by molar-refractivity contribution is 0.340. The first kappa shape index (κ1) is 18.4. The SMILES string of the molecule is CCOc1ccc(-c2ccnc(Cl)n2)cc1.Clc1ccnc(Cl)n1. The van der Waals surface area contributed by atoms with Gasteiger partial charge >= 0.3 is 0 Å². The summed E-state index contributed by atoms with van der Waals surface area (Å²) in [5.41, 5.74) is 1.80. The molecule has 0 spiro atoms. The predicted octanol–water partition coefficient (Wildman–Crippen LogP) is 4.98. The van der Waals surface area contributed by atoms with E-state index >= 15 is 0 Å². The van der Waals surface area contributed by atoms with Crippen molar-refractivity contribution in [2.24, 2.45) is 0 Å². The summed E-state index contributed by atoms with van der Waals surface area (Å²) >= 11 is 16.5. The van der Waals surface area contributed by atoms with Gasteiger partial charge in [-0.3, -0.25) is 0 Å². The smallest absolute Gasteiger partial charge is 0.223 e. The molecule has 0 saturated heterocycles. The summed E-state index contributed by atoms with van der Waals surface area (Å²) in [7, 11) is 0. The van der Waals surface area contributed by atoms with E-state index in [4.69, 9.17) is 39.5 Å². The monoisotopic (exact) mass is 382 g/mol. The van der Waals surface area contributed by atoms with Crippen LogP contribution in [0, 0.1) is 0 Å². The lowest BCUT2D eigenvalue weighted by Crippen LogP contribution is -1.91. The molecular formula is C16H13Cl3N4O. The summed E-state index contributed by atoms with van der Waals surface area (Å²) in [4.78, 5) is 15.2. The summed E-state index contributed by atoms with van der Waals surface area (Å²) in [6.45, 7) is 2.62. The molecule has 0 bridgehead atoms. The molecule has 0 N–H and O–H groups in total. The fraction of sp³-hybridized carbons (Fsp3) is 0.125. The van der Waals surface area contributed by atoms with E-state index < -0.39 is 0 Å². The fourth-order valence-corrected chi connectivity index (χ4v) is 2.17. The van der Waals surface area contributed by atoms with Crippen LogP contribution in [-0.2, 0) is 0 Å². The van der Waals surface area contributed by atoms with Gasteiger partial charge in [0.15, 0.2) is 0 Å². The van der Waals surface area contributed by atoms with Crippen LogP contribution >= 0.6 is 34.8 Å². The zero-order valence-corrected chi connectivity index (χ0v) is 14.9. The highest BCUT2D eigenvalue weighted by atomic mass is 35.5. The van der Waals surface area contributed by atoms with Crippen molar-refractivity contribution < 1.29 is 4.74 Å². The number of rotatable bonds is 3. The highest BCUT2D eigenvalue weighted by Crippen LogP contribution is 2.21. The Hall–Kier alpha value is -1.95. The molecule has 0 unspecified atom stereocenters. The molecule has 124 valence electrons. The molecule has 1 aromatic carbocycles. The predicted molar refractivity (Wildman–Crippen MR) is 95.7 cm³/mol. The van der Waals surface area contributed by atoms with E-state index in [9.17, 15) is 0 Å². The second-order valence-corrected chi connectivity index (χ2v) is 5.38. The Bertz CT molecular complexity index is 767. The van der Waals surface area contributed by atoms with Gasteiger partial charge in [0.1, 0.15) is 10.9 Å². The average Bonchev–Trinajstić information content (AvgIpc) is 2.56. The molecule has 0 radical (unpaired) electrons. The Morgan fingerprint density at radius 1 is 0.833 bits per heavy atom. The van der Waals surface area contributed by atoms with Crippen LogP contribution in [-0.4, -0.2) is 26.5 Å². The molecule has 0 saturated carbocycles. The number of hydrogen-bond donors (Lipinski definition) is 0.